The van der Waals surface area contributed by atoms with Crippen LogP contribution in [0.5, 0.6) is 0 Å². The van der Waals surface area contributed by atoms with Crippen molar-refractivity contribution in [1.29, 1.82) is 0 Å². The van der Waals surface area contributed by atoms with Gasteiger partial charge in [-0.05, 0) is 25.5 Å². The number of likely N-dealkylation sites (N-methyl/N-ethyl adjacent to an activating group) is 1. The third kappa shape index (κ3) is 4.28. The van der Waals surface area contributed by atoms with Gasteiger partial charge in [-0.15, -0.1) is 0 Å². The van der Waals surface area contributed by atoms with Crippen molar-refractivity contribution in [2.45, 2.75) is 19.4 Å². The average molecular weight is 330 g/mol. The van der Waals surface area contributed by atoms with Gasteiger partial charge in [0.2, 0.25) is 0 Å². The van der Waals surface area contributed by atoms with Crippen molar-refractivity contribution in [1.82, 2.24) is 15.1 Å². The van der Waals surface area contributed by atoms with Gasteiger partial charge in [0.1, 0.15) is 0 Å². The van der Waals surface area contributed by atoms with E-state index in [-0.39, 0.29) is 0 Å². The van der Waals surface area contributed by atoms with E-state index in [9.17, 15) is 0 Å². The predicted octanol–water partition coefficient (Wildman–Crippen LogP) is 1.81. The minimum absolute atomic E-state index is 0.377. The highest BCUT2D eigenvalue weighted by Crippen LogP contribution is 2.38. The molecule has 1 aromatic carbocycles. The van der Waals surface area contributed by atoms with Crippen LogP contribution in [0, 0.1) is 5.41 Å². The summed E-state index contributed by atoms with van der Waals surface area (Å²) in [6, 6.07) is 10.6. The van der Waals surface area contributed by atoms with Gasteiger partial charge in [0.25, 0.3) is 0 Å². The highest BCUT2D eigenvalue weighted by Gasteiger charge is 2.42. The van der Waals surface area contributed by atoms with E-state index in [0.29, 0.717) is 5.41 Å². The first kappa shape index (κ1) is 17.2. The summed E-state index contributed by atoms with van der Waals surface area (Å²) in [5, 5.41) is 3.53. The number of nitrogens with one attached hydrogen (secondary N) is 1. The van der Waals surface area contributed by atoms with Crippen molar-refractivity contribution in [2.75, 3.05) is 53.5 Å². The first-order chi connectivity index (χ1) is 11.7. The molecule has 2 heterocycles. The van der Waals surface area contributed by atoms with Gasteiger partial charge >= 0.3 is 0 Å². The number of hydrogen-bond acceptors (Lipinski definition) is 3. The van der Waals surface area contributed by atoms with Crippen LogP contribution in [0.2, 0.25) is 0 Å². The van der Waals surface area contributed by atoms with Crippen molar-refractivity contribution >= 4 is 5.96 Å². The smallest absolute Gasteiger partial charge is 0.193 e. The second-order valence-electron chi connectivity index (χ2n) is 7.17. The standard InChI is InChI=1S/C19H30N4O/c1-20-18(23-11-8-19(15-23)9-13-24-16-19)21-10-12-22(2)14-17-6-4-3-5-7-17/h3-7H,8-16H2,1-2H3,(H,20,21). The third-order valence-electron chi connectivity index (χ3n) is 5.21. The first-order valence-electron chi connectivity index (χ1n) is 8.97. The molecule has 3 rings (SSSR count). The Balaban J connectivity index is 1.42. The Bertz CT molecular complexity index is 540. The molecular formula is C19H30N4O. The van der Waals surface area contributed by atoms with Crippen LogP contribution in [0.15, 0.2) is 35.3 Å². The fourth-order valence-electron chi connectivity index (χ4n) is 3.75. The second kappa shape index (κ2) is 7.99. The molecule has 0 amide bonds. The zero-order valence-electron chi connectivity index (χ0n) is 15.0. The minimum Gasteiger partial charge on any atom is -0.381 e. The van der Waals surface area contributed by atoms with Crippen molar-refractivity contribution in [3.8, 4) is 0 Å². The lowest BCUT2D eigenvalue weighted by molar-refractivity contribution is 0.156. The van der Waals surface area contributed by atoms with Gasteiger partial charge in [0, 0.05) is 51.8 Å². The Labute approximate surface area is 145 Å². The normalized spacial score (nSPS) is 24.3. The number of benzene rings is 1. The molecule has 0 radical (unpaired) electrons. The predicted molar refractivity (Wildman–Crippen MR) is 98.2 cm³/mol. The summed E-state index contributed by atoms with van der Waals surface area (Å²) in [5.41, 5.74) is 1.73. The van der Waals surface area contributed by atoms with E-state index in [0.717, 1.165) is 51.9 Å². The van der Waals surface area contributed by atoms with Gasteiger partial charge in [-0.2, -0.15) is 0 Å². The largest absolute Gasteiger partial charge is 0.381 e. The van der Waals surface area contributed by atoms with E-state index in [4.69, 9.17) is 4.74 Å². The first-order valence-corrected chi connectivity index (χ1v) is 8.97. The molecule has 0 saturated carbocycles. The lowest BCUT2D eigenvalue weighted by Gasteiger charge is -2.25. The minimum atomic E-state index is 0.377. The molecule has 0 aliphatic carbocycles. The Morgan fingerprint density at radius 2 is 2.17 bits per heavy atom. The molecule has 24 heavy (non-hydrogen) atoms. The molecule has 2 aliphatic rings. The van der Waals surface area contributed by atoms with Crippen molar-refractivity contribution in [2.24, 2.45) is 10.4 Å². The fourth-order valence-corrected chi connectivity index (χ4v) is 3.75. The average Bonchev–Trinajstić information content (AvgIpc) is 3.23. The number of ether oxygens (including phenoxy) is 1. The van der Waals surface area contributed by atoms with E-state index in [1.54, 1.807) is 0 Å². The molecule has 1 atom stereocenters. The Morgan fingerprint density at radius 1 is 1.33 bits per heavy atom. The number of guanidine groups is 1. The van der Waals surface area contributed by atoms with E-state index in [1.807, 2.05) is 7.05 Å². The summed E-state index contributed by atoms with van der Waals surface area (Å²) in [6.45, 7) is 6.89. The molecule has 132 valence electrons. The van der Waals surface area contributed by atoms with Gasteiger partial charge in [0.05, 0.1) is 6.61 Å². The number of hydrogen-bond donors (Lipinski definition) is 1. The van der Waals surface area contributed by atoms with Gasteiger partial charge in [-0.1, -0.05) is 30.3 Å². The molecule has 0 aromatic heterocycles. The van der Waals surface area contributed by atoms with Crippen molar-refractivity contribution in [3.05, 3.63) is 35.9 Å². The number of aliphatic imine (C=N–C) groups is 1. The van der Waals surface area contributed by atoms with E-state index in [1.165, 1.54) is 18.4 Å². The number of rotatable bonds is 5. The van der Waals surface area contributed by atoms with Crippen LogP contribution >= 0.6 is 0 Å². The summed E-state index contributed by atoms with van der Waals surface area (Å²) in [6.07, 6.45) is 2.42. The maximum Gasteiger partial charge on any atom is 0.193 e. The highest BCUT2D eigenvalue weighted by molar-refractivity contribution is 5.80. The lowest BCUT2D eigenvalue weighted by Crippen LogP contribution is -2.43. The van der Waals surface area contributed by atoms with Crippen LogP contribution in [-0.2, 0) is 11.3 Å². The van der Waals surface area contributed by atoms with Crippen LogP contribution in [-0.4, -0.2) is 69.2 Å². The molecule has 2 fully saturated rings. The van der Waals surface area contributed by atoms with Gasteiger partial charge < -0.3 is 19.9 Å². The van der Waals surface area contributed by atoms with E-state index >= 15 is 0 Å². The van der Waals surface area contributed by atoms with Crippen LogP contribution in [0.4, 0.5) is 0 Å². The van der Waals surface area contributed by atoms with Crippen LogP contribution in [0.25, 0.3) is 0 Å². The van der Waals surface area contributed by atoms with Crippen LogP contribution in [0.1, 0.15) is 18.4 Å². The quantitative estimate of drug-likeness (QED) is 0.660. The number of likely N-dealkylation sites (tertiary alicyclic amines) is 1. The molecule has 1 unspecified atom stereocenters. The van der Waals surface area contributed by atoms with Gasteiger partial charge in [-0.25, -0.2) is 0 Å². The zero-order valence-corrected chi connectivity index (χ0v) is 15.0. The zero-order chi connectivity index (χ0) is 16.8. The summed E-state index contributed by atoms with van der Waals surface area (Å²) in [4.78, 5) is 9.21. The molecule has 0 bridgehead atoms. The number of nitrogens with zero attached hydrogens (tertiary/aromatic N) is 3. The molecule has 1 aromatic rings. The Hall–Kier alpha value is -1.59. The maximum absolute atomic E-state index is 5.62. The van der Waals surface area contributed by atoms with Crippen molar-refractivity contribution in [3.63, 3.8) is 0 Å². The summed E-state index contributed by atoms with van der Waals surface area (Å²) >= 11 is 0. The SMILES string of the molecule is CN=C(NCCN(C)Cc1ccccc1)N1CCC2(CCOC2)C1. The van der Waals surface area contributed by atoms with E-state index < -0.39 is 0 Å². The monoisotopic (exact) mass is 330 g/mol. The molecule has 1 spiro atoms. The topological polar surface area (TPSA) is 40.1 Å². The molecule has 5 heteroatoms. The maximum atomic E-state index is 5.62. The van der Waals surface area contributed by atoms with Crippen molar-refractivity contribution < 1.29 is 4.74 Å². The van der Waals surface area contributed by atoms with E-state index in [2.05, 4.69) is 57.5 Å². The molecule has 2 saturated heterocycles. The Morgan fingerprint density at radius 3 is 2.88 bits per heavy atom. The molecule has 1 N–H and O–H groups in total. The van der Waals surface area contributed by atoms with Crippen LogP contribution in [0.3, 0.4) is 0 Å². The molecule has 2 aliphatic heterocycles. The molecular weight excluding hydrogens is 300 g/mol. The lowest BCUT2D eigenvalue weighted by atomic mass is 9.87. The third-order valence-corrected chi connectivity index (χ3v) is 5.21. The highest BCUT2D eigenvalue weighted by atomic mass is 16.5. The summed E-state index contributed by atoms with van der Waals surface area (Å²) < 4.78 is 5.62. The Kier molecular flexibility index (Phi) is 5.74. The second-order valence-corrected chi connectivity index (χ2v) is 7.17. The summed E-state index contributed by atoms with van der Waals surface area (Å²) in [7, 11) is 4.05. The summed E-state index contributed by atoms with van der Waals surface area (Å²) in [5.74, 6) is 1.03. The van der Waals surface area contributed by atoms with Gasteiger partial charge in [-0.3, -0.25) is 4.99 Å². The van der Waals surface area contributed by atoms with Gasteiger partial charge in [0.15, 0.2) is 5.96 Å². The fraction of sp³-hybridized carbons (Fsp3) is 0.632. The van der Waals surface area contributed by atoms with Crippen LogP contribution < -0.4 is 5.32 Å². The molecule has 5 nitrogen and oxygen atoms in total.